The molecule has 0 saturated carbocycles. The van der Waals surface area contributed by atoms with Crippen LogP contribution in [0.15, 0.2) is 21.9 Å². The molecule has 0 bridgehead atoms. The van der Waals surface area contributed by atoms with Crippen molar-refractivity contribution in [3.63, 3.8) is 0 Å². The fourth-order valence-corrected chi connectivity index (χ4v) is 1.87. The topological polar surface area (TPSA) is 101 Å². The Bertz CT molecular complexity index is 726. The van der Waals surface area contributed by atoms with E-state index < -0.39 is 0 Å². The van der Waals surface area contributed by atoms with E-state index in [1.54, 1.807) is 17.9 Å². The molecular weight excluding hydrogens is 260 g/mol. The highest BCUT2D eigenvalue weighted by atomic mass is 16.2. The fourth-order valence-electron chi connectivity index (χ4n) is 1.87. The molecule has 2 aromatic rings. The van der Waals surface area contributed by atoms with Crippen LogP contribution >= 0.6 is 0 Å². The Morgan fingerprint density at radius 3 is 2.65 bits per heavy atom. The SMILES string of the molecule is CCC(N)c1cn(Cc2cc(=O)n(C)c(=O)n2C)nn1. The van der Waals surface area contributed by atoms with Gasteiger partial charge in [0.25, 0.3) is 5.56 Å². The van der Waals surface area contributed by atoms with Crippen molar-refractivity contribution in [3.8, 4) is 0 Å². The zero-order valence-corrected chi connectivity index (χ0v) is 11.8. The maximum atomic E-state index is 11.8. The molecule has 0 aliphatic heterocycles. The van der Waals surface area contributed by atoms with Gasteiger partial charge in [0.15, 0.2) is 0 Å². The molecule has 0 aliphatic carbocycles. The van der Waals surface area contributed by atoms with E-state index in [0.29, 0.717) is 17.9 Å². The third kappa shape index (κ3) is 2.55. The standard InChI is InChI=1S/C12H18N6O2/c1-4-9(13)10-7-18(15-14-10)6-8-5-11(19)17(3)12(20)16(8)2/h5,7,9H,4,6,13H2,1-3H3. The molecule has 1 atom stereocenters. The first-order valence-electron chi connectivity index (χ1n) is 6.35. The molecular formula is C12H18N6O2. The Labute approximate surface area is 115 Å². The van der Waals surface area contributed by atoms with Gasteiger partial charge in [0.1, 0.15) is 0 Å². The van der Waals surface area contributed by atoms with Gasteiger partial charge in [-0.25, -0.2) is 9.48 Å². The molecule has 2 heterocycles. The summed E-state index contributed by atoms with van der Waals surface area (Å²) in [5, 5.41) is 7.96. The van der Waals surface area contributed by atoms with E-state index in [9.17, 15) is 9.59 Å². The minimum absolute atomic E-state index is 0.156. The zero-order chi connectivity index (χ0) is 14.9. The number of rotatable bonds is 4. The first kappa shape index (κ1) is 14.2. The number of hydrogen-bond acceptors (Lipinski definition) is 5. The highest BCUT2D eigenvalue weighted by Crippen LogP contribution is 2.09. The third-order valence-electron chi connectivity index (χ3n) is 3.33. The second kappa shape index (κ2) is 5.41. The number of nitrogens with zero attached hydrogens (tertiary/aromatic N) is 5. The summed E-state index contributed by atoms with van der Waals surface area (Å²) in [6, 6.07) is 1.26. The molecule has 0 spiro atoms. The Morgan fingerprint density at radius 1 is 1.30 bits per heavy atom. The van der Waals surface area contributed by atoms with E-state index in [2.05, 4.69) is 10.3 Å². The number of nitrogens with two attached hydrogens (primary N) is 1. The highest BCUT2D eigenvalue weighted by molar-refractivity contribution is 5.05. The van der Waals surface area contributed by atoms with Gasteiger partial charge in [-0.1, -0.05) is 12.1 Å². The third-order valence-corrected chi connectivity index (χ3v) is 3.33. The van der Waals surface area contributed by atoms with Crippen LogP contribution in [-0.4, -0.2) is 24.1 Å². The van der Waals surface area contributed by atoms with Crippen LogP contribution in [0.2, 0.25) is 0 Å². The van der Waals surface area contributed by atoms with E-state index in [4.69, 9.17) is 5.73 Å². The van der Waals surface area contributed by atoms with Crippen molar-refractivity contribution in [2.45, 2.75) is 25.9 Å². The molecule has 0 aromatic carbocycles. The first-order valence-corrected chi connectivity index (χ1v) is 6.35. The summed E-state index contributed by atoms with van der Waals surface area (Å²) in [5.74, 6) is 0. The normalized spacial score (nSPS) is 12.6. The van der Waals surface area contributed by atoms with Gasteiger partial charge in [0.2, 0.25) is 0 Å². The summed E-state index contributed by atoms with van der Waals surface area (Å²) in [6.45, 7) is 2.26. The quantitative estimate of drug-likeness (QED) is 0.783. The van der Waals surface area contributed by atoms with Crippen molar-refractivity contribution in [1.29, 1.82) is 0 Å². The van der Waals surface area contributed by atoms with Crippen LogP contribution in [0, 0.1) is 0 Å². The van der Waals surface area contributed by atoms with Crippen LogP contribution in [0.4, 0.5) is 0 Å². The molecule has 0 radical (unpaired) electrons. The van der Waals surface area contributed by atoms with Gasteiger partial charge >= 0.3 is 5.69 Å². The molecule has 0 aliphatic rings. The molecule has 2 rings (SSSR count). The maximum Gasteiger partial charge on any atom is 0.330 e. The van der Waals surface area contributed by atoms with Gasteiger partial charge in [-0.05, 0) is 6.42 Å². The van der Waals surface area contributed by atoms with Crippen molar-refractivity contribution in [2.75, 3.05) is 0 Å². The fraction of sp³-hybridized carbons (Fsp3) is 0.500. The molecule has 2 N–H and O–H groups in total. The lowest BCUT2D eigenvalue weighted by Gasteiger charge is -2.08. The Morgan fingerprint density at radius 2 is 2.00 bits per heavy atom. The van der Waals surface area contributed by atoms with Crippen LogP contribution in [-0.2, 0) is 20.6 Å². The summed E-state index contributed by atoms with van der Waals surface area (Å²) in [6.07, 6.45) is 2.50. The van der Waals surface area contributed by atoms with Crippen LogP contribution in [0.3, 0.4) is 0 Å². The monoisotopic (exact) mass is 278 g/mol. The largest absolute Gasteiger partial charge is 0.330 e. The predicted octanol–water partition coefficient (Wildman–Crippen LogP) is -0.866. The lowest BCUT2D eigenvalue weighted by Crippen LogP contribution is -2.38. The molecule has 0 fully saturated rings. The number of aromatic nitrogens is 5. The van der Waals surface area contributed by atoms with Gasteiger partial charge in [0.05, 0.1) is 24.5 Å². The lowest BCUT2D eigenvalue weighted by molar-refractivity contribution is 0.582. The van der Waals surface area contributed by atoms with E-state index in [0.717, 1.165) is 11.0 Å². The van der Waals surface area contributed by atoms with Crippen LogP contribution in [0.25, 0.3) is 0 Å². The van der Waals surface area contributed by atoms with Crippen molar-refractivity contribution in [2.24, 2.45) is 19.8 Å². The van der Waals surface area contributed by atoms with E-state index in [1.807, 2.05) is 6.92 Å². The zero-order valence-electron chi connectivity index (χ0n) is 11.8. The lowest BCUT2D eigenvalue weighted by atomic mass is 10.2. The van der Waals surface area contributed by atoms with Gasteiger partial charge in [-0.3, -0.25) is 13.9 Å². The Balaban J connectivity index is 2.34. The molecule has 108 valence electrons. The van der Waals surface area contributed by atoms with Gasteiger partial charge < -0.3 is 5.73 Å². The summed E-state index contributed by atoms with van der Waals surface area (Å²) >= 11 is 0. The highest BCUT2D eigenvalue weighted by Gasteiger charge is 2.11. The molecule has 8 nitrogen and oxygen atoms in total. The minimum atomic E-state index is -0.363. The molecule has 2 aromatic heterocycles. The van der Waals surface area contributed by atoms with Gasteiger partial charge in [-0.15, -0.1) is 5.10 Å². The van der Waals surface area contributed by atoms with E-state index >= 15 is 0 Å². The second-order valence-electron chi connectivity index (χ2n) is 4.73. The van der Waals surface area contributed by atoms with Crippen molar-refractivity contribution >= 4 is 0 Å². The van der Waals surface area contributed by atoms with Crippen LogP contribution in [0.5, 0.6) is 0 Å². The van der Waals surface area contributed by atoms with Crippen LogP contribution < -0.4 is 17.0 Å². The molecule has 0 amide bonds. The van der Waals surface area contributed by atoms with E-state index in [-0.39, 0.29) is 17.3 Å². The van der Waals surface area contributed by atoms with Gasteiger partial charge in [0, 0.05) is 25.9 Å². The summed E-state index contributed by atoms with van der Waals surface area (Å²) in [4.78, 5) is 23.5. The van der Waals surface area contributed by atoms with Gasteiger partial charge in [-0.2, -0.15) is 0 Å². The molecule has 20 heavy (non-hydrogen) atoms. The van der Waals surface area contributed by atoms with Crippen LogP contribution in [0.1, 0.15) is 30.8 Å². The second-order valence-corrected chi connectivity index (χ2v) is 4.73. The smallest absolute Gasteiger partial charge is 0.323 e. The van der Waals surface area contributed by atoms with Crippen molar-refractivity contribution in [3.05, 3.63) is 44.5 Å². The summed E-state index contributed by atoms with van der Waals surface area (Å²) < 4.78 is 4.05. The molecule has 8 heteroatoms. The Kier molecular flexibility index (Phi) is 3.84. The first-order chi connectivity index (χ1) is 9.43. The van der Waals surface area contributed by atoms with E-state index in [1.165, 1.54) is 17.7 Å². The minimum Gasteiger partial charge on any atom is -0.323 e. The average molecular weight is 278 g/mol. The molecule has 1 unspecified atom stereocenters. The average Bonchev–Trinajstić information content (AvgIpc) is 2.90. The number of hydrogen-bond donors (Lipinski definition) is 1. The molecule has 0 saturated heterocycles. The van der Waals surface area contributed by atoms with Crippen molar-refractivity contribution in [1.82, 2.24) is 24.1 Å². The van der Waals surface area contributed by atoms with Crippen molar-refractivity contribution < 1.29 is 0 Å². The summed E-state index contributed by atoms with van der Waals surface area (Å²) in [7, 11) is 3.06. The predicted molar refractivity (Wildman–Crippen MR) is 73.3 cm³/mol. The Hall–Kier alpha value is -2.22. The maximum absolute atomic E-state index is 11.8. The summed E-state index contributed by atoms with van der Waals surface area (Å²) in [5.41, 5.74) is 6.44.